The Labute approximate surface area is 178 Å². The van der Waals surface area contributed by atoms with Gasteiger partial charge in [0.25, 0.3) is 5.56 Å². The topological polar surface area (TPSA) is 34.9 Å². The van der Waals surface area contributed by atoms with Crippen LogP contribution in [0.1, 0.15) is 0 Å². The average molecular weight is 398 g/mol. The van der Waals surface area contributed by atoms with Crippen LogP contribution < -0.4 is 5.56 Å². The minimum absolute atomic E-state index is 0.0480. The van der Waals surface area contributed by atoms with Crippen molar-refractivity contribution < 1.29 is 0 Å². The molecule has 31 heavy (non-hydrogen) atoms. The summed E-state index contributed by atoms with van der Waals surface area (Å²) in [5.41, 5.74) is 4.05. The van der Waals surface area contributed by atoms with E-state index in [0.29, 0.717) is 5.56 Å². The van der Waals surface area contributed by atoms with Crippen LogP contribution in [-0.2, 0) is 0 Å². The quantitative estimate of drug-likeness (QED) is 0.340. The van der Waals surface area contributed by atoms with Gasteiger partial charge in [0, 0.05) is 17.1 Å². The zero-order valence-electron chi connectivity index (χ0n) is 16.7. The lowest BCUT2D eigenvalue weighted by atomic mass is 9.98. The summed E-state index contributed by atoms with van der Waals surface area (Å²) in [7, 11) is 0. The maximum Gasteiger partial charge on any atom is 0.263 e. The Hall–Kier alpha value is -4.24. The Kier molecular flexibility index (Phi) is 3.93. The van der Waals surface area contributed by atoms with Crippen LogP contribution in [0.3, 0.4) is 0 Å². The third kappa shape index (κ3) is 2.75. The van der Waals surface area contributed by atoms with E-state index in [1.54, 1.807) is 6.20 Å². The van der Waals surface area contributed by atoms with Gasteiger partial charge in [-0.25, -0.2) is 0 Å². The van der Waals surface area contributed by atoms with Crippen molar-refractivity contribution in [2.24, 2.45) is 0 Å². The van der Waals surface area contributed by atoms with Crippen molar-refractivity contribution in [2.75, 3.05) is 0 Å². The Morgan fingerprint density at radius 2 is 1.32 bits per heavy atom. The van der Waals surface area contributed by atoms with Crippen molar-refractivity contribution in [3.8, 4) is 16.8 Å². The molecule has 0 aliphatic heterocycles. The lowest BCUT2D eigenvalue weighted by Crippen LogP contribution is -2.21. The molecular weight excluding hydrogens is 380 g/mol. The van der Waals surface area contributed by atoms with Crippen LogP contribution in [0.15, 0.2) is 114 Å². The van der Waals surface area contributed by atoms with Gasteiger partial charge in [0.15, 0.2) is 0 Å². The molecule has 0 aliphatic carbocycles. The number of rotatable bonds is 2. The van der Waals surface area contributed by atoms with E-state index in [9.17, 15) is 4.79 Å². The molecule has 0 fully saturated rings. The van der Waals surface area contributed by atoms with Crippen LogP contribution in [-0.4, -0.2) is 9.55 Å². The van der Waals surface area contributed by atoms with Crippen molar-refractivity contribution in [3.63, 3.8) is 0 Å². The van der Waals surface area contributed by atoms with E-state index in [2.05, 4.69) is 29.2 Å². The maximum atomic E-state index is 14.0. The molecule has 3 nitrogen and oxygen atoms in total. The molecule has 0 radical (unpaired) electrons. The molecule has 3 heteroatoms. The first-order chi connectivity index (χ1) is 15.3. The van der Waals surface area contributed by atoms with Crippen molar-refractivity contribution in [3.05, 3.63) is 120 Å². The molecule has 0 amide bonds. The molecule has 2 heterocycles. The summed E-state index contributed by atoms with van der Waals surface area (Å²) in [5.74, 6) is 0. The fourth-order valence-corrected chi connectivity index (χ4v) is 4.42. The van der Waals surface area contributed by atoms with Gasteiger partial charge in [-0.1, -0.05) is 78.9 Å². The minimum atomic E-state index is -0.0480. The largest absolute Gasteiger partial charge is 0.274 e. The van der Waals surface area contributed by atoms with Gasteiger partial charge >= 0.3 is 0 Å². The Bertz CT molecular complexity index is 1650. The third-order valence-corrected chi connectivity index (χ3v) is 5.84. The van der Waals surface area contributed by atoms with Crippen molar-refractivity contribution >= 4 is 32.6 Å². The van der Waals surface area contributed by atoms with Gasteiger partial charge in [-0.3, -0.25) is 14.3 Å². The number of benzene rings is 4. The molecular formula is C28H18N2O. The molecule has 0 aliphatic rings. The first-order valence-electron chi connectivity index (χ1n) is 10.3. The normalized spacial score (nSPS) is 11.4. The number of nitrogens with zero attached hydrogens (tertiary/aromatic N) is 2. The van der Waals surface area contributed by atoms with E-state index >= 15 is 0 Å². The van der Waals surface area contributed by atoms with Crippen molar-refractivity contribution in [1.82, 2.24) is 9.55 Å². The van der Waals surface area contributed by atoms with Crippen LogP contribution in [0.2, 0.25) is 0 Å². The fraction of sp³-hybridized carbons (Fsp3) is 0. The monoisotopic (exact) mass is 398 g/mol. The summed E-state index contributed by atoms with van der Waals surface area (Å²) in [6.07, 6.45) is 1.77. The highest BCUT2D eigenvalue weighted by molar-refractivity contribution is 5.99. The van der Waals surface area contributed by atoms with Crippen LogP contribution >= 0.6 is 0 Å². The predicted molar refractivity (Wildman–Crippen MR) is 128 cm³/mol. The van der Waals surface area contributed by atoms with E-state index in [4.69, 9.17) is 0 Å². The predicted octanol–water partition coefficient (Wildman–Crippen LogP) is 6.36. The van der Waals surface area contributed by atoms with Gasteiger partial charge in [-0.05, 0) is 46.0 Å². The van der Waals surface area contributed by atoms with Crippen molar-refractivity contribution in [1.29, 1.82) is 0 Å². The number of hydrogen-bond acceptors (Lipinski definition) is 2. The lowest BCUT2D eigenvalue weighted by molar-refractivity contribution is 1.05. The lowest BCUT2D eigenvalue weighted by Gasteiger charge is -2.15. The van der Waals surface area contributed by atoms with E-state index in [0.717, 1.165) is 43.8 Å². The van der Waals surface area contributed by atoms with Gasteiger partial charge in [0.1, 0.15) is 0 Å². The maximum absolute atomic E-state index is 14.0. The Balaban J connectivity index is 1.77. The summed E-state index contributed by atoms with van der Waals surface area (Å²) in [4.78, 5) is 18.6. The first-order valence-corrected chi connectivity index (χ1v) is 10.3. The number of para-hydroxylation sites is 2. The molecule has 0 N–H and O–H groups in total. The first kappa shape index (κ1) is 17.6. The Morgan fingerprint density at radius 1 is 0.613 bits per heavy atom. The highest BCUT2D eigenvalue weighted by atomic mass is 16.1. The molecule has 6 aromatic rings. The second-order valence-electron chi connectivity index (χ2n) is 7.64. The highest BCUT2D eigenvalue weighted by Crippen LogP contribution is 2.30. The van der Waals surface area contributed by atoms with Crippen molar-refractivity contribution in [2.45, 2.75) is 0 Å². The summed E-state index contributed by atoms with van der Waals surface area (Å²) < 4.78 is 1.81. The van der Waals surface area contributed by atoms with Gasteiger partial charge in [0.05, 0.1) is 16.7 Å². The van der Waals surface area contributed by atoms with Gasteiger partial charge in [-0.2, -0.15) is 0 Å². The van der Waals surface area contributed by atoms with E-state index in [1.807, 2.05) is 83.4 Å². The standard InChI is InChI=1S/C28H18N2O/c31-28-24(23-14-5-10-19-8-1-3-13-22(19)23)18-21-9-2-4-15-25(21)30(28)26-16-6-11-20-12-7-17-29-27(20)26/h1-18H. The highest BCUT2D eigenvalue weighted by Gasteiger charge is 2.16. The van der Waals surface area contributed by atoms with E-state index in [1.165, 1.54) is 0 Å². The average Bonchev–Trinajstić information content (AvgIpc) is 2.83. The van der Waals surface area contributed by atoms with Gasteiger partial charge < -0.3 is 0 Å². The number of hydrogen-bond donors (Lipinski definition) is 0. The zero-order chi connectivity index (χ0) is 20.8. The number of pyridine rings is 2. The van der Waals surface area contributed by atoms with Gasteiger partial charge in [0.2, 0.25) is 0 Å². The smallest absolute Gasteiger partial charge is 0.263 e. The van der Waals surface area contributed by atoms with Crippen LogP contribution in [0.5, 0.6) is 0 Å². The van der Waals surface area contributed by atoms with Crippen LogP contribution in [0, 0.1) is 0 Å². The molecule has 0 spiro atoms. The molecule has 2 aromatic heterocycles. The van der Waals surface area contributed by atoms with E-state index in [-0.39, 0.29) is 5.56 Å². The summed E-state index contributed by atoms with van der Waals surface area (Å²) in [6, 6.07) is 34.2. The fourth-order valence-electron chi connectivity index (χ4n) is 4.42. The second kappa shape index (κ2) is 6.92. The molecule has 0 saturated heterocycles. The molecule has 6 rings (SSSR count). The summed E-state index contributed by atoms with van der Waals surface area (Å²) in [5, 5.41) is 4.20. The van der Waals surface area contributed by atoms with Crippen LogP contribution in [0.25, 0.3) is 49.4 Å². The molecule has 0 unspecified atom stereocenters. The third-order valence-electron chi connectivity index (χ3n) is 5.84. The summed E-state index contributed by atoms with van der Waals surface area (Å²) in [6.45, 7) is 0. The molecule has 0 saturated carbocycles. The number of fused-ring (bicyclic) bond motifs is 3. The molecule has 0 bridgehead atoms. The SMILES string of the molecule is O=c1c(-c2cccc3ccccc23)cc2ccccc2n1-c1cccc2cccnc12. The van der Waals surface area contributed by atoms with Gasteiger partial charge in [-0.15, -0.1) is 0 Å². The summed E-state index contributed by atoms with van der Waals surface area (Å²) >= 11 is 0. The molecule has 0 atom stereocenters. The van der Waals surface area contributed by atoms with Crippen LogP contribution in [0.4, 0.5) is 0 Å². The minimum Gasteiger partial charge on any atom is -0.274 e. The molecule has 146 valence electrons. The second-order valence-corrected chi connectivity index (χ2v) is 7.64. The van der Waals surface area contributed by atoms with E-state index < -0.39 is 0 Å². The molecule has 4 aromatic carbocycles. The zero-order valence-corrected chi connectivity index (χ0v) is 16.7. The Morgan fingerprint density at radius 3 is 2.26 bits per heavy atom. The number of aromatic nitrogens is 2.